The molecule has 0 aliphatic heterocycles. The second-order valence-corrected chi connectivity index (χ2v) is 6.50. The number of rotatable bonds is 5. The van der Waals surface area contributed by atoms with Crippen molar-refractivity contribution in [1.29, 1.82) is 0 Å². The Morgan fingerprint density at radius 1 is 1.40 bits per heavy atom. The largest absolute Gasteiger partial charge is 0.493 e. The zero-order valence-corrected chi connectivity index (χ0v) is 14.7. The number of methoxy groups -OCH3 is 1. The van der Waals surface area contributed by atoms with Crippen LogP contribution in [-0.2, 0) is 15.7 Å². The predicted octanol–water partition coefficient (Wildman–Crippen LogP) is 4.64. The van der Waals surface area contributed by atoms with Gasteiger partial charge < -0.3 is 14.8 Å². The number of anilines is 1. The molecule has 0 bridgehead atoms. The molecule has 0 unspecified atom stereocenters. The molecule has 2 rings (SSSR count). The fourth-order valence-electron chi connectivity index (χ4n) is 3.34. The smallest absolute Gasteiger partial charge is 0.420 e. The third kappa shape index (κ3) is 4.45. The van der Waals surface area contributed by atoms with Gasteiger partial charge in [-0.3, -0.25) is 4.79 Å². The Labute approximate surface area is 145 Å². The van der Waals surface area contributed by atoms with E-state index in [0.717, 1.165) is 18.9 Å². The molecule has 1 fully saturated rings. The van der Waals surface area contributed by atoms with Gasteiger partial charge in [-0.2, -0.15) is 13.2 Å². The van der Waals surface area contributed by atoms with E-state index < -0.39 is 23.2 Å². The van der Waals surface area contributed by atoms with Crippen LogP contribution in [0.4, 0.5) is 18.9 Å². The van der Waals surface area contributed by atoms with Crippen LogP contribution in [0.15, 0.2) is 18.2 Å². The molecule has 0 saturated heterocycles. The zero-order valence-electron chi connectivity index (χ0n) is 14.7. The van der Waals surface area contributed by atoms with Crippen LogP contribution in [0, 0.1) is 5.92 Å². The minimum atomic E-state index is -4.57. The van der Waals surface area contributed by atoms with Crippen LogP contribution >= 0.6 is 0 Å². The van der Waals surface area contributed by atoms with Gasteiger partial charge >= 0.3 is 6.18 Å². The van der Waals surface area contributed by atoms with E-state index >= 15 is 0 Å². The molecule has 0 radical (unpaired) electrons. The van der Waals surface area contributed by atoms with Crippen molar-refractivity contribution in [3.8, 4) is 5.75 Å². The maximum atomic E-state index is 13.2. The highest BCUT2D eigenvalue weighted by molar-refractivity contribution is 5.97. The summed E-state index contributed by atoms with van der Waals surface area (Å²) in [5.74, 6) is -0.329. The van der Waals surface area contributed by atoms with Crippen molar-refractivity contribution in [3.05, 3.63) is 23.8 Å². The predicted molar refractivity (Wildman–Crippen MR) is 88.6 cm³/mol. The highest BCUT2D eigenvalue weighted by atomic mass is 19.4. The van der Waals surface area contributed by atoms with Gasteiger partial charge in [0.2, 0.25) is 0 Å². The number of hydrogen-bond donors (Lipinski definition) is 1. The van der Waals surface area contributed by atoms with Gasteiger partial charge in [0.25, 0.3) is 5.91 Å². The summed E-state index contributed by atoms with van der Waals surface area (Å²) in [5.41, 5.74) is -1.82. The summed E-state index contributed by atoms with van der Waals surface area (Å²) in [5, 5.41) is 2.59. The molecule has 1 aliphatic rings. The van der Waals surface area contributed by atoms with Crippen molar-refractivity contribution >= 4 is 11.6 Å². The number of benzene rings is 1. The maximum absolute atomic E-state index is 13.2. The lowest BCUT2D eigenvalue weighted by molar-refractivity contribution is -0.143. The summed E-state index contributed by atoms with van der Waals surface area (Å²) < 4.78 is 50.2. The van der Waals surface area contributed by atoms with Crippen molar-refractivity contribution in [2.45, 2.75) is 51.3 Å². The van der Waals surface area contributed by atoms with Gasteiger partial charge in [0, 0.05) is 12.8 Å². The third-order valence-electron chi connectivity index (χ3n) is 4.60. The Morgan fingerprint density at radius 3 is 2.68 bits per heavy atom. The number of amides is 1. The molecule has 0 aromatic heterocycles. The van der Waals surface area contributed by atoms with Crippen molar-refractivity contribution in [1.82, 2.24) is 0 Å². The fourth-order valence-corrected chi connectivity index (χ4v) is 3.34. The third-order valence-corrected chi connectivity index (χ3v) is 4.60. The van der Waals surface area contributed by atoms with E-state index in [1.54, 1.807) is 6.92 Å². The molecule has 1 aliphatic carbocycles. The van der Waals surface area contributed by atoms with E-state index in [1.165, 1.54) is 19.2 Å². The number of carbonyl (C=O) groups excluding carboxylic acids is 1. The van der Waals surface area contributed by atoms with Gasteiger partial charge in [-0.05, 0) is 50.3 Å². The first-order chi connectivity index (χ1) is 11.7. The Morgan fingerprint density at radius 2 is 2.12 bits per heavy atom. The van der Waals surface area contributed by atoms with Crippen LogP contribution < -0.4 is 10.1 Å². The summed E-state index contributed by atoms with van der Waals surface area (Å²) in [6, 6.07) is 3.54. The van der Waals surface area contributed by atoms with Crippen LogP contribution in [0.5, 0.6) is 5.75 Å². The topological polar surface area (TPSA) is 47.6 Å². The molecule has 2 atom stereocenters. The van der Waals surface area contributed by atoms with Crippen molar-refractivity contribution < 1.29 is 27.4 Å². The average Bonchev–Trinajstić information content (AvgIpc) is 2.55. The minimum Gasteiger partial charge on any atom is -0.493 e. The highest BCUT2D eigenvalue weighted by Gasteiger charge is 2.42. The van der Waals surface area contributed by atoms with Gasteiger partial charge in [0.15, 0.2) is 0 Å². The van der Waals surface area contributed by atoms with Crippen LogP contribution in [-0.4, -0.2) is 25.2 Å². The standard InChI is InChI=1S/C18H24F3NO3/c1-4-25-15-8-7-13(10-14(15)18(19,20)21)22-16(23)17(24-3)9-5-6-12(2)11-17/h7-8,10,12H,4-6,9,11H2,1-3H3,(H,22,23)/t12-,17+/m0/s1. The van der Waals surface area contributed by atoms with Crippen LogP contribution in [0.3, 0.4) is 0 Å². The molecule has 1 aromatic rings. The minimum absolute atomic E-state index is 0.0791. The number of alkyl halides is 3. The number of nitrogens with one attached hydrogen (secondary N) is 1. The lowest BCUT2D eigenvalue weighted by Gasteiger charge is -2.37. The average molecular weight is 359 g/mol. The quantitative estimate of drug-likeness (QED) is 0.833. The highest BCUT2D eigenvalue weighted by Crippen LogP contribution is 2.39. The van der Waals surface area contributed by atoms with Gasteiger partial charge in [-0.15, -0.1) is 0 Å². The van der Waals surface area contributed by atoms with E-state index in [4.69, 9.17) is 9.47 Å². The molecular formula is C18H24F3NO3. The number of carbonyl (C=O) groups is 1. The lowest BCUT2D eigenvalue weighted by Crippen LogP contribution is -2.47. The van der Waals surface area contributed by atoms with Crippen LogP contribution in [0.25, 0.3) is 0 Å². The molecule has 4 nitrogen and oxygen atoms in total. The molecule has 7 heteroatoms. The Hall–Kier alpha value is -1.76. The first-order valence-electron chi connectivity index (χ1n) is 8.42. The summed E-state index contributed by atoms with van der Waals surface area (Å²) in [6.45, 7) is 3.78. The van der Waals surface area contributed by atoms with Gasteiger partial charge in [0.1, 0.15) is 11.4 Å². The van der Waals surface area contributed by atoms with E-state index in [-0.39, 0.29) is 18.0 Å². The van der Waals surface area contributed by atoms with Gasteiger partial charge in [-0.25, -0.2) is 0 Å². The van der Waals surface area contributed by atoms with Crippen LogP contribution in [0.2, 0.25) is 0 Å². The van der Waals surface area contributed by atoms with Crippen molar-refractivity contribution in [2.24, 2.45) is 5.92 Å². The molecule has 1 N–H and O–H groups in total. The first kappa shape index (κ1) is 19.6. The molecule has 1 saturated carbocycles. The van der Waals surface area contributed by atoms with Gasteiger partial charge in [0.05, 0.1) is 12.2 Å². The molecule has 140 valence electrons. The monoisotopic (exact) mass is 359 g/mol. The van der Waals surface area contributed by atoms with E-state index in [1.807, 2.05) is 6.92 Å². The number of hydrogen-bond acceptors (Lipinski definition) is 3. The van der Waals surface area contributed by atoms with Crippen molar-refractivity contribution in [3.63, 3.8) is 0 Å². The second-order valence-electron chi connectivity index (χ2n) is 6.50. The van der Waals surface area contributed by atoms with Crippen LogP contribution in [0.1, 0.15) is 45.1 Å². The normalized spacial score (nSPS) is 24.0. The molecule has 25 heavy (non-hydrogen) atoms. The number of ether oxygens (including phenoxy) is 2. The molecular weight excluding hydrogens is 335 g/mol. The van der Waals surface area contributed by atoms with E-state index in [2.05, 4.69) is 5.32 Å². The Balaban J connectivity index is 2.25. The lowest BCUT2D eigenvalue weighted by atomic mass is 9.78. The summed E-state index contributed by atoms with van der Waals surface area (Å²) in [4.78, 5) is 12.7. The summed E-state index contributed by atoms with van der Waals surface area (Å²) in [7, 11) is 1.47. The Bertz CT molecular complexity index is 618. The second kappa shape index (κ2) is 7.64. The zero-order chi connectivity index (χ0) is 18.7. The van der Waals surface area contributed by atoms with E-state index in [0.29, 0.717) is 18.8 Å². The SMILES string of the molecule is CCOc1ccc(NC(=O)[C@@]2(OC)CCC[C@H](C)C2)cc1C(F)(F)F. The van der Waals surface area contributed by atoms with E-state index in [9.17, 15) is 18.0 Å². The molecule has 0 spiro atoms. The molecule has 1 aromatic carbocycles. The van der Waals surface area contributed by atoms with Gasteiger partial charge in [-0.1, -0.05) is 13.3 Å². The Kier molecular flexibility index (Phi) is 5.98. The summed E-state index contributed by atoms with van der Waals surface area (Å²) in [6.07, 6.45) is -1.59. The maximum Gasteiger partial charge on any atom is 0.420 e. The summed E-state index contributed by atoms with van der Waals surface area (Å²) >= 11 is 0. The van der Waals surface area contributed by atoms with Crippen molar-refractivity contribution in [2.75, 3.05) is 19.0 Å². The number of halogens is 3. The molecule has 0 heterocycles. The molecule has 1 amide bonds. The fraction of sp³-hybridized carbons (Fsp3) is 0.611. The first-order valence-corrected chi connectivity index (χ1v) is 8.42.